The van der Waals surface area contributed by atoms with Crippen molar-refractivity contribution in [3.8, 4) is 5.75 Å². The van der Waals surface area contributed by atoms with Gasteiger partial charge in [0.2, 0.25) is 5.91 Å². The van der Waals surface area contributed by atoms with Crippen LogP contribution in [-0.4, -0.2) is 55.2 Å². The number of nitrogens with one attached hydrogen (secondary N) is 1. The van der Waals surface area contributed by atoms with Crippen LogP contribution in [0.25, 0.3) is 0 Å². The van der Waals surface area contributed by atoms with Gasteiger partial charge in [-0.05, 0) is 17.7 Å². The molecule has 0 atom stereocenters. The second-order valence-electron chi connectivity index (χ2n) is 6.23. The predicted molar refractivity (Wildman–Crippen MR) is 99.0 cm³/mol. The molecule has 0 saturated carbocycles. The Morgan fingerprint density at radius 2 is 1.96 bits per heavy atom. The number of carbonyl (C=O) groups is 1. The third kappa shape index (κ3) is 6.13. The van der Waals surface area contributed by atoms with Gasteiger partial charge in [-0.25, -0.2) is 0 Å². The first-order valence-electron chi connectivity index (χ1n) is 8.98. The maximum Gasteiger partial charge on any atom is 0.226 e. The number of hydrogen-bond donors (Lipinski definition) is 1. The zero-order valence-electron chi connectivity index (χ0n) is 14.9. The van der Waals surface area contributed by atoms with Gasteiger partial charge >= 0.3 is 0 Å². The van der Waals surface area contributed by atoms with Crippen molar-refractivity contribution in [2.24, 2.45) is 0 Å². The smallest absolute Gasteiger partial charge is 0.226 e. The van der Waals surface area contributed by atoms with Crippen LogP contribution in [0.1, 0.15) is 11.3 Å². The molecule has 6 heteroatoms. The Morgan fingerprint density at radius 3 is 2.69 bits per heavy atom. The molecule has 2 heterocycles. The number of carbonyl (C=O) groups excluding carboxylic acids is 1. The summed E-state index contributed by atoms with van der Waals surface area (Å²) in [5, 5.41) is 2.91. The lowest BCUT2D eigenvalue weighted by Crippen LogP contribution is -2.38. The Hall–Kier alpha value is -2.44. The fourth-order valence-corrected chi connectivity index (χ4v) is 2.74. The van der Waals surface area contributed by atoms with Crippen molar-refractivity contribution in [1.82, 2.24) is 15.2 Å². The minimum absolute atomic E-state index is 0.0395. The summed E-state index contributed by atoms with van der Waals surface area (Å²) in [6.45, 7) is 5.54. The van der Waals surface area contributed by atoms with E-state index in [4.69, 9.17) is 9.47 Å². The zero-order chi connectivity index (χ0) is 18.0. The highest BCUT2D eigenvalue weighted by Crippen LogP contribution is 2.10. The van der Waals surface area contributed by atoms with Crippen molar-refractivity contribution >= 4 is 5.91 Å². The van der Waals surface area contributed by atoms with Crippen LogP contribution in [0, 0.1) is 0 Å². The van der Waals surface area contributed by atoms with Crippen molar-refractivity contribution in [3.63, 3.8) is 0 Å². The molecule has 1 aliphatic rings. The molecule has 0 radical (unpaired) electrons. The van der Waals surface area contributed by atoms with Crippen LogP contribution in [0.15, 0.2) is 48.7 Å². The number of hydrogen-bond acceptors (Lipinski definition) is 5. The Morgan fingerprint density at radius 1 is 1.15 bits per heavy atom. The van der Waals surface area contributed by atoms with E-state index in [0.717, 1.165) is 49.9 Å². The highest BCUT2D eigenvalue weighted by molar-refractivity contribution is 5.78. The Kier molecular flexibility index (Phi) is 6.98. The van der Waals surface area contributed by atoms with Crippen LogP contribution < -0.4 is 10.1 Å². The first-order valence-corrected chi connectivity index (χ1v) is 8.98. The molecule has 1 aliphatic heterocycles. The van der Waals surface area contributed by atoms with E-state index in [1.165, 1.54) is 0 Å². The van der Waals surface area contributed by atoms with Crippen molar-refractivity contribution in [1.29, 1.82) is 0 Å². The Labute approximate surface area is 154 Å². The average molecular weight is 355 g/mol. The lowest BCUT2D eigenvalue weighted by atomic mass is 10.2. The molecular formula is C20H25N3O3. The third-order valence-electron chi connectivity index (χ3n) is 4.25. The lowest BCUT2D eigenvalue weighted by molar-refractivity contribution is -0.120. The van der Waals surface area contributed by atoms with E-state index in [9.17, 15) is 4.79 Å². The van der Waals surface area contributed by atoms with Gasteiger partial charge < -0.3 is 14.8 Å². The molecular weight excluding hydrogens is 330 g/mol. The van der Waals surface area contributed by atoms with E-state index in [1.54, 1.807) is 6.20 Å². The van der Waals surface area contributed by atoms with Gasteiger partial charge in [0.25, 0.3) is 0 Å². The number of amides is 1. The largest absolute Gasteiger partial charge is 0.491 e. The summed E-state index contributed by atoms with van der Waals surface area (Å²) in [4.78, 5) is 18.7. The molecule has 1 amide bonds. The van der Waals surface area contributed by atoms with E-state index in [-0.39, 0.29) is 12.3 Å². The standard InChI is InChI=1S/C20H25N3O3/c24-20(22-15-17-4-2-1-3-5-17)14-18-6-7-19(16-21-18)26-13-10-23-8-11-25-12-9-23/h1-7,16H,8-15H2,(H,22,24). The summed E-state index contributed by atoms with van der Waals surface area (Å²) in [7, 11) is 0. The second kappa shape index (κ2) is 9.89. The molecule has 1 aromatic heterocycles. The van der Waals surface area contributed by atoms with Crippen molar-refractivity contribution < 1.29 is 14.3 Å². The van der Waals surface area contributed by atoms with E-state index >= 15 is 0 Å². The SMILES string of the molecule is O=C(Cc1ccc(OCCN2CCOCC2)cn1)NCc1ccccc1. The molecule has 1 N–H and O–H groups in total. The molecule has 0 bridgehead atoms. The number of pyridine rings is 1. The van der Waals surface area contributed by atoms with Crippen molar-refractivity contribution in [2.45, 2.75) is 13.0 Å². The number of aromatic nitrogens is 1. The minimum Gasteiger partial charge on any atom is -0.491 e. The van der Waals surface area contributed by atoms with Gasteiger partial charge in [0, 0.05) is 31.9 Å². The maximum atomic E-state index is 12.0. The van der Waals surface area contributed by atoms with Crippen molar-refractivity contribution in [3.05, 3.63) is 59.9 Å². The summed E-state index contributed by atoms with van der Waals surface area (Å²) in [5.74, 6) is 0.689. The first kappa shape index (κ1) is 18.4. The van der Waals surface area contributed by atoms with Crippen LogP contribution in [0.3, 0.4) is 0 Å². The van der Waals surface area contributed by atoms with Gasteiger partial charge in [0.05, 0.1) is 25.8 Å². The molecule has 3 rings (SSSR count). The molecule has 26 heavy (non-hydrogen) atoms. The van der Waals surface area contributed by atoms with Gasteiger partial charge in [-0.3, -0.25) is 14.7 Å². The highest BCUT2D eigenvalue weighted by Gasteiger charge is 2.10. The van der Waals surface area contributed by atoms with Gasteiger partial charge in [0.1, 0.15) is 12.4 Å². The maximum absolute atomic E-state index is 12.0. The quantitative estimate of drug-likeness (QED) is 0.780. The van der Waals surface area contributed by atoms with E-state index in [1.807, 2.05) is 42.5 Å². The topological polar surface area (TPSA) is 63.7 Å². The molecule has 1 fully saturated rings. The van der Waals surface area contributed by atoms with E-state index < -0.39 is 0 Å². The summed E-state index contributed by atoms with van der Waals surface area (Å²) < 4.78 is 11.1. The van der Waals surface area contributed by atoms with Gasteiger partial charge in [0.15, 0.2) is 0 Å². The summed E-state index contributed by atoms with van der Waals surface area (Å²) in [6, 6.07) is 13.6. The molecule has 138 valence electrons. The first-order chi connectivity index (χ1) is 12.8. The van der Waals surface area contributed by atoms with Crippen LogP contribution >= 0.6 is 0 Å². The van der Waals surface area contributed by atoms with E-state index in [0.29, 0.717) is 13.2 Å². The number of morpholine rings is 1. The number of benzene rings is 1. The molecule has 1 saturated heterocycles. The number of nitrogens with zero attached hydrogens (tertiary/aromatic N) is 2. The van der Waals surface area contributed by atoms with Gasteiger partial charge in [-0.15, -0.1) is 0 Å². The monoisotopic (exact) mass is 355 g/mol. The minimum atomic E-state index is -0.0395. The van der Waals surface area contributed by atoms with Crippen LogP contribution in [-0.2, 0) is 22.5 Å². The molecule has 0 spiro atoms. The molecule has 0 unspecified atom stereocenters. The van der Waals surface area contributed by atoms with E-state index in [2.05, 4.69) is 15.2 Å². The van der Waals surface area contributed by atoms with Crippen molar-refractivity contribution in [2.75, 3.05) is 39.5 Å². The normalized spacial score (nSPS) is 14.8. The van der Waals surface area contributed by atoms with Gasteiger partial charge in [-0.2, -0.15) is 0 Å². The summed E-state index contributed by atoms with van der Waals surface area (Å²) in [6.07, 6.45) is 1.94. The fourth-order valence-electron chi connectivity index (χ4n) is 2.74. The molecule has 0 aliphatic carbocycles. The molecule has 2 aromatic rings. The molecule has 1 aromatic carbocycles. The summed E-state index contributed by atoms with van der Waals surface area (Å²) in [5.41, 5.74) is 1.81. The second-order valence-corrected chi connectivity index (χ2v) is 6.23. The Balaban J connectivity index is 1.37. The number of ether oxygens (including phenoxy) is 2. The summed E-state index contributed by atoms with van der Waals surface area (Å²) >= 11 is 0. The predicted octanol–water partition coefficient (Wildman–Crippen LogP) is 1.65. The third-order valence-corrected chi connectivity index (χ3v) is 4.25. The lowest BCUT2D eigenvalue weighted by Gasteiger charge is -2.26. The van der Waals surface area contributed by atoms with Crippen LogP contribution in [0.4, 0.5) is 0 Å². The number of rotatable bonds is 8. The molecule has 6 nitrogen and oxygen atoms in total. The van der Waals surface area contributed by atoms with Crippen LogP contribution in [0.5, 0.6) is 5.75 Å². The highest BCUT2D eigenvalue weighted by atomic mass is 16.5. The average Bonchev–Trinajstić information content (AvgIpc) is 2.69. The Bertz CT molecular complexity index is 670. The van der Waals surface area contributed by atoms with Crippen LogP contribution in [0.2, 0.25) is 0 Å². The fraction of sp³-hybridized carbons (Fsp3) is 0.400. The van der Waals surface area contributed by atoms with Gasteiger partial charge in [-0.1, -0.05) is 30.3 Å². The zero-order valence-corrected chi connectivity index (χ0v) is 14.9.